The molecule has 0 unspecified atom stereocenters. The molecule has 1 aromatic carbocycles. The maximum Gasteiger partial charge on any atom is 0.155 e. The van der Waals surface area contributed by atoms with Crippen LogP contribution in [0.15, 0.2) is 36.4 Å². The standard InChI is InChI=1S/C16H19ClO/c1-11(2)15-10-14(18)8-9-16(15,3)12-4-6-13(17)7-5-12/h4-9,11,15H,10H2,1-3H3/t15-,16-/m0/s1. The number of halogens is 1. The lowest BCUT2D eigenvalue weighted by molar-refractivity contribution is -0.116. The average molecular weight is 263 g/mol. The average Bonchev–Trinajstić information content (AvgIpc) is 2.33. The molecule has 1 nitrogen and oxygen atoms in total. The molecule has 0 saturated heterocycles. The summed E-state index contributed by atoms with van der Waals surface area (Å²) in [6.45, 7) is 6.58. The van der Waals surface area contributed by atoms with Crippen LogP contribution in [0.5, 0.6) is 0 Å². The van der Waals surface area contributed by atoms with Crippen LogP contribution in [-0.2, 0) is 10.2 Å². The lowest BCUT2D eigenvalue weighted by Crippen LogP contribution is -2.37. The Hall–Kier alpha value is -1.08. The maximum absolute atomic E-state index is 11.6. The minimum Gasteiger partial charge on any atom is -0.295 e. The number of carbonyl (C=O) groups excluding carboxylic acids is 1. The summed E-state index contributed by atoms with van der Waals surface area (Å²) < 4.78 is 0. The van der Waals surface area contributed by atoms with E-state index in [1.54, 1.807) is 6.08 Å². The Morgan fingerprint density at radius 1 is 1.28 bits per heavy atom. The molecule has 0 radical (unpaired) electrons. The lowest BCUT2D eigenvalue weighted by atomic mass is 9.63. The van der Waals surface area contributed by atoms with Gasteiger partial charge >= 0.3 is 0 Å². The van der Waals surface area contributed by atoms with Gasteiger partial charge in [-0.2, -0.15) is 0 Å². The van der Waals surface area contributed by atoms with E-state index in [1.165, 1.54) is 5.56 Å². The summed E-state index contributed by atoms with van der Waals surface area (Å²) in [5.74, 6) is 1.05. The van der Waals surface area contributed by atoms with Crippen LogP contribution in [0.1, 0.15) is 32.8 Å². The van der Waals surface area contributed by atoms with Gasteiger partial charge in [0, 0.05) is 16.9 Å². The van der Waals surface area contributed by atoms with Crippen molar-refractivity contribution in [2.75, 3.05) is 0 Å². The van der Waals surface area contributed by atoms with Crippen molar-refractivity contribution in [3.05, 3.63) is 47.0 Å². The van der Waals surface area contributed by atoms with Gasteiger partial charge in [-0.1, -0.05) is 50.6 Å². The van der Waals surface area contributed by atoms with Crippen molar-refractivity contribution in [3.8, 4) is 0 Å². The highest BCUT2D eigenvalue weighted by molar-refractivity contribution is 6.30. The van der Waals surface area contributed by atoms with Crippen LogP contribution in [0.2, 0.25) is 5.02 Å². The zero-order valence-electron chi connectivity index (χ0n) is 11.1. The molecule has 0 aromatic heterocycles. The minimum absolute atomic E-state index is 0.0767. The second kappa shape index (κ2) is 4.89. The van der Waals surface area contributed by atoms with Crippen LogP contribution in [0, 0.1) is 11.8 Å². The van der Waals surface area contributed by atoms with Gasteiger partial charge in [0.05, 0.1) is 0 Å². The normalized spacial score (nSPS) is 27.8. The van der Waals surface area contributed by atoms with Crippen LogP contribution in [0.25, 0.3) is 0 Å². The number of carbonyl (C=O) groups is 1. The van der Waals surface area contributed by atoms with E-state index in [-0.39, 0.29) is 11.2 Å². The molecule has 0 N–H and O–H groups in total. The summed E-state index contributed by atoms with van der Waals surface area (Å²) in [5, 5.41) is 0.749. The third-order valence-electron chi connectivity index (χ3n) is 4.08. The first-order valence-corrected chi connectivity index (χ1v) is 6.79. The highest BCUT2D eigenvalue weighted by atomic mass is 35.5. The summed E-state index contributed by atoms with van der Waals surface area (Å²) in [4.78, 5) is 11.6. The van der Waals surface area contributed by atoms with Gasteiger partial charge in [0.25, 0.3) is 0 Å². The Kier molecular flexibility index (Phi) is 3.63. The first-order valence-electron chi connectivity index (χ1n) is 6.41. The summed E-state index contributed by atoms with van der Waals surface area (Å²) in [5.41, 5.74) is 1.15. The second-order valence-corrected chi connectivity index (χ2v) is 6.08. The largest absolute Gasteiger partial charge is 0.295 e. The molecular weight excluding hydrogens is 244 g/mol. The fraction of sp³-hybridized carbons (Fsp3) is 0.438. The van der Waals surface area contributed by atoms with E-state index in [1.807, 2.05) is 12.1 Å². The quantitative estimate of drug-likeness (QED) is 0.772. The molecule has 2 rings (SSSR count). The molecule has 2 heteroatoms. The molecule has 96 valence electrons. The number of hydrogen-bond acceptors (Lipinski definition) is 1. The van der Waals surface area contributed by atoms with Crippen LogP contribution in [0.3, 0.4) is 0 Å². The third-order valence-corrected chi connectivity index (χ3v) is 4.33. The van der Waals surface area contributed by atoms with E-state index in [4.69, 9.17) is 11.6 Å². The van der Waals surface area contributed by atoms with E-state index in [0.29, 0.717) is 18.3 Å². The van der Waals surface area contributed by atoms with Gasteiger partial charge in [0.1, 0.15) is 0 Å². The van der Waals surface area contributed by atoms with Crippen LogP contribution >= 0.6 is 11.6 Å². The fourth-order valence-corrected chi connectivity index (χ4v) is 3.06. The molecule has 0 bridgehead atoms. The molecule has 0 amide bonds. The van der Waals surface area contributed by atoms with E-state index in [9.17, 15) is 4.79 Å². The Bertz CT molecular complexity index is 472. The van der Waals surface area contributed by atoms with Crippen LogP contribution < -0.4 is 0 Å². The van der Waals surface area contributed by atoms with Gasteiger partial charge in [-0.25, -0.2) is 0 Å². The van der Waals surface area contributed by atoms with E-state index in [2.05, 4.69) is 39.0 Å². The van der Waals surface area contributed by atoms with Gasteiger partial charge in [-0.05, 0) is 35.6 Å². The number of hydrogen-bond donors (Lipinski definition) is 0. The Morgan fingerprint density at radius 2 is 1.89 bits per heavy atom. The first kappa shape index (κ1) is 13.4. The van der Waals surface area contributed by atoms with Gasteiger partial charge < -0.3 is 0 Å². The molecule has 0 fully saturated rings. The zero-order chi connectivity index (χ0) is 13.3. The Labute approximate surface area is 114 Å². The Morgan fingerprint density at radius 3 is 2.44 bits per heavy atom. The summed E-state index contributed by atoms with van der Waals surface area (Å²) >= 11 is 5.95. The highest BCUT2D eigenvalue weighted by Gasteiger charge is 2.39. The minimum atomic E-state index is -0.0767. The van der Waals surface area contributed by atoms with Gasteiger partial charge in [-0.3, -0.25) is 4.79 Å². The molecule has 0 heterocycles. The smallest absolute Gasteiger partial charge is 0.155 e. The lowest BCUT2D eigenvalue weighted by Gasteiger charge is -2.40. The van der Waals surface area contributed by atoms with Crippen molar-refractivity contribution in [1.29, 1.82) is 0 Å². The summed E-state index contributed by atoms with van der Waals surface area (Å²) in [6, 6.07) is 7.98. The van der Waals surface area contributed by atoms with E-state index in [0.717, 1.165) is 5.02 Å². The van der Waals surface area contributed by atoms with Gasteiger partial charge in [0.2, 0.25) is 0 Å². The van der Waals surface area contributed by atoms with Crippen molar-refractivity contribution in [3.63, 3.8) is 0 Å². The third kappa shape index (κ3) is 2.37. The predicted octanol–water partition coefficient (Wildman–Crippen LogP) is 4.40. The number of allylic oxidation sites excluding steroid dienone is 2. The second-order valence-electron chi connectivity index (χ2n) is 5.64. The molecule has 0 spiro atoms. The molecule has 1 aliphatic rings. The number of benzene rings is 1. The molecule has 2 atom stereocenters. The van der Waals surface area contributed by atoms with Gasteiger partial charge in [0.15, 0.2) is 5.78 Å². The fourth-order valence-electron chi connectivity index (χ4n) is 2.93. The SMILES string of the molecule is CC(C)[C@@H]1CC(=O)C=C[C@@]1(C)c1ccc(Cl)cc1. The molecule has 1 aliphatic carbocycles. The van der Waals surface area contributed by atoms with E-state index < -0.39 is 0 Å². The zero-order valence-corrected chi connectivity index (χ0v) is 11.9. The highest BCUT2D eigenvalue weighted by Crippen LogP contribution is 2.42. The van der Waals surface area contributed by atoms with Crippen LogP contribution in [0.4, 0.5) is 0 Å². The monoisotopic (exact) mass is 262 g/mol. The van der Waals surface area contributed by atoms with Gasteiger partial charge in [-0.15, -0.1) is 0 Å². The summed E-state index contributed by atoms with van der Waals surface area (Å²) in [6.07, 6.45) is 4.42. The number of rotatable bonds is 2. The van der Waals surface area contributed by atoms with Crippen molar-refractivity contribution in [1.82, 2.24) is 0 Å². The molecule has 0 aliphatic heterocycles. The Balaban J connectivity index is 2.46. The predicted molar refractivity (Wildman–Crippen MR) is 75.9 cm³/mol. The molecule has 18 heavy (non-hydrogen) atoms. The molecular formula is C16H19ClO. The maximum atomic E-state index is 11.6. The van der Waals surface area contributed by atoms with Crippen LogP contribution in [-0.4, -0.2) is 5.78 Å². The molecule has 1 aromatic rings. The van der Waals surface area contributed by atoms with Crippen molar-refractivity contribution >= 4 is 17.4 Å². The molecule has 0 saturated carbocycles. The van der Waals surface area contributed by atoms with Crippen molar-refractivity contribution in [2.45, 2.75) is 32.6 Å². The first-order chi connectivity index (χ1) is 8.43. The summed E-state index contributed by atoms with van der Waals surface area (Å²) in [7, 11) is 0. The van der Waals surface area contributed by atoms with Crippen molar-refractivity contribution < 1.29 is 4.79 Å². The number of ketones is 1. The topological polar surface area (TPSA) is 17.1 Å². The van der Waals surface area contributed by atoms with Crippen molar-refractivity contribution in [2.24, 2.45) is 11.8 Å². The van der Waals surface area contributed by atoms with E-state index >= 15 is 0 Å².